The molecule has 94 valence electrons. The van der Waals surface area contributed by atoms with Crippen molar-refractivity contribution in [2.45, 2.75) is 32.4 Å². The van der Waals surface area contributed by atoms with Crippen LogP contribution in [0.5, 0.6) is 0 Å². The Bertz CT molecular complexity index is 430. The Labute approximate surface area is 105 Å². The highest BCUT2D eigenvalue weighted by Gasteiger charge is 2.28. The predicted octanol–water partition coefficient (Wildman–Crippen LogP) is 1.75. The van der Waals surface area contributed by atoms with Gasteiger partial charge in [-0.2, -0.15) is 0 Å². The van der Waals surface area contributed by atoms with Gasteiger partial charge in [0.05, 0.1) is 11.6 Å². The van der Waals surface area contributed by atoms with Crippen molar-refractivity contribution in [3.63, 3.8) is 0 Å². The maximum Gasteiger partial charge on any atom is 0.336 e. The molecule has 0 spiro atoms. The first-order valence-electron chi connectivity index (χ1n) is 5.81. The number of rotatable bonds is 2. The molecule has 1 aliphatic heterocycles. The predicted molar refractivity (Wildman–Crippen MR) is 68.5 cm³/mol. The number of carboxylic acid groups (broad SMARTS) is 1. The van der Waals surface area contributed by atoms with Crippen molar-refractivity contribution in [3.05, 3.63) is 21.4 Å². The highest BCUT2D eigenvalue weighted by Crippen LogP contribution is 2.32. The minimum atomic E-state index is -0.859. The zero-order chi connectivity index (χ0) is 12.6. The summed E-state index contributed by atoms with van der Waals surface area (Å²) in [6, 6.07) is 1.93. The van der Waals surface area contributed by atoms with Gasteiger partial charge in [0.2, 0.25) is 0 Å². The summed E-state index contributed by atoms with van der Waals surface area (Å²) in [6.07, 6.45) is 0.983. The molecule has 3 atom stereocenters. The van der Waals surface area contributed by atoms with Crippen LogP contribution in [0.2, 0.25) is 0 Å². The number of hydrogen-bond acceptors (Lipinski definition) is 4. The molecule has 3 unspecified atom stereocenters. The van der Waals surface area contributed by atoms with Crippen molar-refractivity contribution in [1.82, 2.24) is 5.32 Å². The fourth-order valence-corrected chi connectivity index (χ4v) is 3.52. The van der Waals surface area contributed by atoms with Crippen molar-refractivity contribution in [2.75, 3.05) is 6.54 Å². The molecule has 0 saturated carbocycles. The summed E-state index contributed by atoms with van der Waals surface area (Å²) in [6.45, 7) is 4.96. The van der Waals surface area contributed by atoms with Crippen LogP contribution in [-0.2, 0) is 0 Å². The summed E-state index contributed by atoms with van der Waals surface area (Å²) in [5.74, 6) is -0.274. The zero-order valence-corrected chi connectivity index (χ0v) is 10.9. The smallest absolute Gasteiger partial charge is 0.336 e. The van der Waals surface area contributed by atoms with Gasteiger partial charge in [0, 0.05) is 15.8 Å². The van der Waals surface area contributed by atoms with E-state index in [2.05, 4.69) is 12.2 Å². The number of carboxylic acids is 1. The molecule has 17 heavy (non-hydrogen) atoms. The van der Waals surface area contributed by atoms with E-state index in [4.69, 9.17) is 10.8 Å². The van der Waals surface area contributed by atoms with Crippen molar-refractivity contribution in [2.24, 2.45) is 11.7 Å². The Kier molecular flexibility index (Phi) is 3.51. The number of nitrogens with two attached hydrogens (primary N) is 1. The van der Waals surface area contributed by atoms with Gasteiger partial charge in [-0.3, -0.25) is 0 Å². The number of aromatic carboxylic acids is 1. The summed E-state index contributed by atoms with van der Waals surface area (Å²) >= 11 is 1.53. The number of piperidine rings is 1. The lowest BCUT2D eigenvalue weighted by atomic mass is 9.91. The summed E-state index contributed by atoms with van der Waals surface area (Å²) in [7, 11) is 0. The minimum Gasteiger partial charge on any atom is -0.478 e. The van der Waals surface area contributed by atoms with Gasteiger partial charge < -0.3 is 16.2 Å². The SMILES string of the molecule is Cc1sc(C2NCC(C)CC2N)cc1C(=O)O. The lowest BCUT2D eigenvalue weighted by molar-refractivity contribution is 0.0696. The Morgan fingerprint density at radius 3 is 2.88 bits per heavy atom. The van der Waals surface area contributed by atoms with Crippen molar-refractivity contribution < 1.29 is 9.90 Å². The molecule has 5 heteroatoms. The van der Waals surface area contributed by atoms with Gasteiger partial charge in [-0.25, -0.2) is 4.79 Å². The first kappa shape index (κ1) is 12.5. The van der Waals surface area contributed by atoms with E-state index in [1.54, 1.807) is 6.07 Å². The molecular weight excluding hydrogens is 236 g/mol. The summed E-state index contributed by atoms with van der Waals surface area (Å²) in [4.78, 5) is 12.9. The van der Waals surface area contributed by atoms with E-state index in [9.17, 15) is 4.79 Å². The molecule has 1 aromatic heterocycles. The third-order valence-electron chi connectivity index (χ3n) is 3.26. The molecule has 0 radical (unpaired) electrons. The van der Waals surface area contributed by atoms with E-state index in [0.717, 1.165) is 22.7 Å². The molecule has 1 aliphatic rings. The van der Waals surface area contributed by atoms with Crippen LogP contribution in [0.4, 0.5) is 0 Å². The molecule has 2 rings (SSSR count). The number of aryl methyl sites for hydroxylation is 1. The quantitative estimate of drug-likeness (QED) is 0.751. The third kappa shape index (κ3) is 2.51. The first-order valence-corrected chi connectivity index (χ1v) is 6.63. The maximum atomic E-state index is 11.0. The molecule has 4 N–H and O–H groups in total. The molecule has 0 bridgehead atoms. The van der Waals surface area contributed by atoms with E-state index in [0.29, 0.717) is 11.5 Å². The van der Waals surface area contributed by atoms with Gasteiger partial charge in [-0.15, -0.1) is 11.3 Å². The number of thiophene rings is 1. The van der Waals surface area contributed by atoms with Crippen molar-refractivity contribution in [3.8, 4) is 0 Å². The van der Waals surface area contributed by atoms with E-state index in [-0.39, 0.29) is 12.1 Å². The second-order valence-electron chi connectivity index (χ2n) is 4.81. The van der Waals surface area contributed by atoms with Crippen LogP contribution in [0.25, 0.3) is 0 Å². The Balaban J connectivity index is 2.22. The van der Waals surface area contributed by atoms with Gasteiger partial charge in [0.25, 0.3) is 0 Å². The van der Waals surface area contributed by atoms with Crippen LogP contribution in [0.1, 0.15) is 39.5 Å². The average Bonchev–Trinajstić information content (AvgIpc) is 2.60. The molecule has 4 nitrogen and oxygen atoms in total. The van der Waals surface area contributed by atoms with E-state index in [1.165, 1.54) is 11.3 Å². The molecular formula is C12H18N2O2S. The summed E-state index contributed by atoms with van der Waals surface area (Å²) in [5, 5.41) is 12.4. The normalized spacial score (nSPS) is 29.2. The number of carbonyl (C=O) groups is 1. The fraction of sp³-hybridized carbons (Fsp3) is 0.583. The summed E-state index contributed by atoms with van der Waals surface area (Å²) < 4.78 is 0. The molecule has 2 heterocycles. The van der Waals surface area contributed by atoms with E-state index in [1.807, 2.05) is 6.92 Å². The van der Waals surface area contributed by atoms with E-state index < -0.39 is 5.97 Å². The van der Waals surface area contributed by atoms with Crippen LogP contribution in [-0.4, -0.2) is 23.7 Å². The van der Waals surface area contributed by atoms with Gasteiger partial charge in [0.15, 0.2) is 0 Å². The average molecular weight is 254 g/mol. The second kappa shape index (κ2) is 4.76. The molecule has 1 saturated heterocycles. The highest BCUT2D eigenvalue weighted by molar-refractivity contribution is 7.12. The lowest BCUT2D eigenvalue weighted by Gasteiger charge is -2.33. The van der Waals surface area contributed by atoms with Crippen LogP contribution < -0.4 is 11.1 Å². The monoisotopic (exact) mass is 254 g/mol. The standard InChI is InChI=1S/C12H18N2O2S/c1-6-3-9(13)11(14-5-6)10-4-8(12(15)16)7(2)17-10/h4,6,9,11,14H,3,5,13H2,1-2H3,(H,15,16). The van der Waals surface area contributed by atoms with Crippen molar-refractivity contribution in [1.29, 1.82) is 0 Å². The minimum absolute atomic E-state index is 0.0680. The molecule has 0 aromatic carbocycles. The third-order valence-corrected chi connectivity index (χ3v) is 4.40. The van der Waals surface area contributed by atoms with Crippen molar-refractivity contribution >= 4 is 17.3 Å². The van der Waals surface area contributed by atoms with Crippen LogP contribution in [0.15, 0.2) is 6.07 Å². The Morgan fingerprint density at radius 1 is 1.65 bits per heavy atom. The largest absolute Gasteiger partial charge is 0.478 e. The van der Waals surface area contributed by atoms with Gasteiger partial charge >= 0.3 is 5.97 Å². The molecule has 0 amide bonds. The van der Waals surface area contributed by atoms with Crippen LogP contribution in [0.3, 0.4) is 0 Å². The van der Waals surface area contributed by atoms with Gasteiger partial charge in [0.1, 0.15) is 0 Å². The Hall–Kier alpha value is -0.910. The zero-order valence-electron chi connectivity index (χ0n) is 10.1. The van der Waals surface area contributed by atoms with Crippen LogP contribution in [0, 0.1) is 12.8 Å². The lowest BCUT2D eigenvalue weighted by Crippen LogP contribution is -2.45. The summed E-state index contributed by atoms with van der Waals surface area (Å²) in [5.41, 5.74) is 6.53. The highest BCUT2D eigenvalue weighted by atomic mass is 32.1. The van der Waals surface area contributed by atoms with Gasteiger partial charge in [-0.1, -0.05) is 6.92 Å². The molecule has 1 fully saturated rings. The topological polar surface area (TPSA) is 75.3 Å². The second-order valence-corrected chi connectivity index (χ2v) is 6.10. The van der Waals surface area contributed by atoms with Crippen LogP contribution >= 0.6 is 11.3 Å². The fourth-order valence-electron chi connectivity index (χ4n) is 2.35. The maximum absolute atomic E-state index is 11.0. The Morgan fingerprint density at radius 2 is 2.35 bits per heavy atom. The molecule has 1 aromatic rings. The first-order chi connectivity index (χ1) is 7.99. The van der Waals surface area contributed by atoms with E-state index >= 15 is 0 Å². The molecule has 0 aliphatic carbocycles. The van der Waals surface area contributed by atoms with Gasteiger partial charge in [-0.05, 0) is 31.9 Å². The number of nitrogens with one attached hydrogen (secondary N) is 1. The number of hydrogen-bond donors (Lipinski definition) is 3.